The number of rotatable bonds is 4. The topological polar surface area (TPSA) is 108 Å². The van der Waals surface area contributed by atoms with E-state index in [-0.39, 0.29) is 5.75 Å². The van der Waals surface area contributed by atoms with Gasteiger partial charge in [-0.15, -0.1) is 9.81 Å². The van der Waals surface area contributed by atoms with E-state index in [4.69, 9.17) is 10.0 Å². The van der Waals surface area contributed by atoms with E-state index in [0.717, 1.165) is 0 Å². The number of nitroso groups, excluding NO2 is 2. The second-order valence-electron chi connectivity index (χ2n) is 1.38. The van der Waals surface area contributed by atoms with E-state index in [9.17, 15) is 9.70 Å². The minimum Gasteiger partial charge on any atom is -0.480 e. The number of carboxylic acids is 1. The van der Waals surface area contributed by atoms with Gasteiger partial charge in [-0.2, -0.15) is 12.6 Å². The van der Waals surface area contributed by atoms with E-state index in [1.54, 1.807) is 0 Å². The number of nitrogens with zero attached hydrogens (tertiary/aromatic N) is 2. The van der Waals surface area contributed by atoms with Gasteiger partial charge < -0.3 is 5.11 Å². The second-order valence-corrected chi connectivity index (χ2v) is 1.90. The van der Waals surface area contributed by atoms with Crippen molar-refractivity contribution in [2.45, 2.75) is 6.04 Å². The Labute approximate surface area is 78.8 Å². The summed E-state index contributed by atoms with van der Waals surface area (Å²) in [5, 5.41) is 10.4. The van der Waals surface area contributed by atoms with Crippen molar-refractivity contribution in [3.63, 3.8) is 0 Å². The quantitative estimate of drug-likeness (QED) is 0.304. The van der Waals surface area contributed by atoms with Gasteiger partial charge >= 0.3 is 5.97 Å². The first-order chi connectivity index (χ1) is 5.63. The van der Waals surface area contributed by atoms with Crippen LogP contribution in [-0.4, -0.2) is 22.9 Å². The van der Waals surface area contributed by atoms with Crippen LogP contribution >= 0.6 is 25.4 Å². The first-order valence-corrected chi connectivity index (χ1v) is 3.55. The first kappa shape index (κ1) is 13.7. The highest BCUT2D eigenvalue weighted by Gasteiger charge is 2.13. The monoisotopic (exact) mass is 213 g/mol. The lowest BCUT2D eigenvalue weighted by atomic mass is 10.4. The first-order valence-electron chi connectivity index (χ1n) is 2.52. The third kappa shape index (κ3) is 9.17. The average molecular weight is 213 g/mol. The van der Waals surface area contributed by atoms with Gasteiger partial charge in [0.25, 0.3) is 0 Å². The fourth-order valence-electron chi connectivity index (χ4n) is 0.238. The molecule has 0 aliphatic carbocycles. The van der Waals surface area contributed by atoms with Gasteiger partial charge in [-0.1, -0.05) is 0 Å². The SMILES string of the molecule is O=NN[C@@H](CS)C(=O)O.O=NS. The van der Waals surface area contributed by atoms with Gasteiger partial charge in [0.2, 0.25) is 0 Å². The number of nitrogens with one attached hydrogen (secondary N) is 1. The summed E-state index contributed by atoms with van der Waals surface area (Å²) in [5.41, 5.74) is 1.83. The number of carboxylic acid groups (broad SMARTS) is 1. The highest BCUT2D eigenvalue weighted by molar-refractivity contribution is 7.80. The van der Waals surface area contributed by atoms with Gasteiger partial charge in [-0.05, 0) is 0 Å². The molecule has 0 aromatic heterocycles. The van der Waals surface area contributed by atoms with E-state index in [1.807, 2.05) is 10.0 Å². The Morgan fingerprint density at radius 2 is 2.00 bits per heavy atom. The van der Waals surface area contributed by atoms with E-state index in [1.165, 1.54) is 0 Å². The molecule has 0 aliphatic heterocycles. The molecule has 0 unspecified atom stereocenters. The summed E-state index contributed by atoms with van der Waals surface area (Å²) in [6.45, 7) is 0. The lowest BCUT2D eigenvalue weighted by Crippen LogP contribution is -2.34. The standard InChI is InChI=1S/C3H6N2O3S.HNOS/c6-3(7)2(1-9)4-5-8;2-1-3/h2,9H,1H2,(H,4,8)(H,6,7);(H,2,3)/t2-;/m0./s1. The Morgan fingerprint density at radius 1 is 1.58 bits per heavy atom. The van der Waals surface area contributed by atoms with Crippen LogP contribution in [-0.2, 0) is 4.79 Å². The molecule has 9 heteroatoms. The Hall–Kier alpha value is -0.830. The molecule has 0 amide bonds. The largest absolute Gasteiger partial charge is 0.480 e. The van der Waals surface area contributed by atoms with Crippen LogP contribution in [0.2, 0.25) is 0 Å². The highest BCUT2D eigenvalue weighted by atomic mass is 32.1. The summed E-state index contributed by atoms with van der Waals surface area (Å²) in [4.78, 5) is 27.9. The van der Waals surface area contributed by atoms with Crippen molar-refractivity contribution in [3.8, 4) is 0 Å². The Balaban J connectivity index is 0. The summed E-state index contributed by atoms with van der Waals surface area (Å²) in [7, 11) is 0. The molecule has 0 aliphatic rings. The minimum atomic E-state index is -1.13. The van der Waals surface area contributed by atoms with Crippen LogP contribution in [0.5, 0.6) is 0 Å². The zero-order valence-corrected chi connectivity index (χ0v) is 7.53. The molecule has 70 valence electrons. The summed E-state index contributed by atoms with van der Waals surface area (Å²) in [6.07, 6.45) is 0. The van der Waals surface area contributed by atoms with Gasteiger partial charge in [0, 0.05) is 23.1 Å². The zero-order chi connectivity index (χ0) is 9.98. The molecular weight excluding hydrogens is 206 g/mol. The van der Waals surface area contributed by atoms with Crippen molar-refractivity contribution < 1.29 is 9.90 Å². The van der Waals surface area contributed by atoms with Crippen LogP contribution in [0.15, 0.2) is 9.87 Å². The summed E-state index contributed by atoms with van der Waals surface area (Å²) >= 11 is 6.50. The molecule has 0 saturated heterocycles. The maximum atomic E-state index is 10.0. The number of thiol groups is 2. The van der Waals surface area contributed by atoms with Gasteiger partial charge in [0.15, 0.2) is 6.04 Å². The summed E-state index contributed by atoms with van der Waals surface area (Å²) in [5.74, 6) is -1.09. The van der Waals surface area contributed by atoms with Gasteiger partial charge in [0.1, 0.15) is 0 Å². The summed E-state index contributed by atoms with van der Waals surface area (Å²) in [6, 6.07) is -0.981. The predicted octanol–water partition coefficient (Wildman–Crippen LogP) is 0.238. The molecule has 1 atom stereocenters. The zero-order valence-electron chi connectivity index (χ0n) is 5.75. The Morgan fingerprint density at radius 3 is 2.08 bits per heavy atom. The average Bonchev–Trinajstić information content (AvgIpc) is 2.01. The van der Waals surface area contributed by atoms with Crippen LogP contribution < -0.4 is 5.43 Å². The maximum absolute atomic E-state index is 10.0. The molecule has 0 radical (unpaired) electrons. The molecular formula is C3H7N3O4S2. The lowest BCUT2D eigenvalue weighted by molar-refractivity contribution is -0.138. The number of aliphatic carboxylic acids is 1. The molecule has 0 aromatic carbocycles. The van der Waals surface area contributed by atoms with Crippen LogP contribution in [0.1, 0.15) is 0 Å². The smallest absolute Gasteiger partial charge is 0.328 e. The molecule has 0 fully saturated rings. The number of hydrogen-bond acceptors (Lipinski definition) is 6. The predicted molar refractivity (Wildman–Crippen MR) is 49.0 cm³/mol. The second kappa shape index (κ2) is 10.2. The molecule has 0 aromatic rings. The van der Waals surface area contributed by atoms with E-state index in [0.29, 0.717) is 0 Å². The fourth-order valence-corrected chi connectivity index (χ4v) is 0.476. The maximum Gasteiger partial charge on any atom is 0.328 e. The molecule has 7 nitrogen and oxygen atoms in total. The molecule has 0 bridgehead atoms. The van der Waals surface area contributed by atoms with E-state index >= 15 is 0 Å². The Kier molecular flexibility index (Phi) is 11.6. The minimum absolute atomic E-state index is 0.0427. The van der Waals surface area contributed by atoms with Crippen LogP contribution in [0.4, 0.5) is 0 Å². The summed E-state index contributed by atoms with van der Waals surface area (Å²) < 4.78 is 1.94. The number of carbonyl (C=O) groups is 1. The van der Waals surface area contributed by atoms with E-state index < -0.39 is 12.0 Å². The molecule has 2 N–H and O–H groups in total. The van der Waals surface area contributed by atoms with Crippen molar-refractivity contribution >= 4 is 31.4 Å². The van der Waals surface area contributed by atoms with Crippen LogP contribution in [0.25, 0.3) is 0 Å². The third-order valence-corrected chi connectivity index (χ3v) is 1.05. The van der Waals surface area contributed by atoms with Gasteiger partial charge in [0.05, 0.1) is 5.29 Å². The molecule has 0 heterocycles. The normalized spacial score (nSPS) is 10.2. The van der Waals surface area contributed by atoms with Crippen molar-refractivity contribution in [2.75, 3.05) is 5.75 Å². The highest BCUT2D eigenvalue weighted by Crippen LogP contribution is 1.86. The van der Waals surface area contributed by atoms with Crippen molar-refractivity contribution in [2.24, 2.45) is 9.87 Å². The Bertz CT molecular complexity index is 154. The van der Waals surface area contributed by atoms with Crippen molar-refractivity contribution in [1.82, 2.24) is 5.43 Å². The third-order valence-electron chi connectivity index (χ3n) is 0.689. The van der Waals surface area contributed by atoms with Crippen LogP contribution in [0, 0.1) is 9.81 Å². The number of hydrogen-bond donors (Lipinski definition) is 4. The fraction of sp³-hybridized carbons (Fsp3) is 0.667. The van der Waals surface area contributed by atoms with Crippen molar-refractivity contribution in [1.29, 1.82) is 0 Å². The molecule has 0 saturated carbocycles. The van der Waals surface area contributed by atoms with E-state index in [2.05, 4.69) is 30.7 Å². The van der Waals surface area contributed by atoms with Gasteiger partial charge in [-0.25, -0.2) is 4.79 Å². The van der Waals surface area contributed by atoms with Crippen molar-refractivity contribution in [3.05, 3.63) is 9.81 Å². The van der Waals surface area contributed by atoms with Gasteiger partial charge in [-0.3, -0.25) is 5.43 Å². The van der Waals surface area contributed by atoms with Crippen LogP contribution in [0.3, 0.4) is 0 Å². The molecule has 0 spiro atoms. The molecule has 12 heavy (non-hydrogen) atoms. The molecule has 0 rings (SSSR count). The lowest BCUT2D eigenvalue weighted by Gasteiger charge is -2.03.